The summed E-state index contributed by atoms with van der Waals surface area (Å²) in [4.78, 5) is 2.26. The molecule has 1 fully saturated rings. The summed E-state index contributed by atoms with van der Waals surface area (Å²) in [5, 5.41) is 3.09. The third kappa shape index (κ3) is 4.23. The van der Waals surface area contributed by atoms with Crippen LogP contribution in [-0.4, -0.2) is 56.5 Å². The first-order valence-electron chi connectivity index (χ1n) is 6.42. The van der Waals surface area contributed by atoms with E-state index in [0.717, 1.165) is 25.9 Å². The Bertz CT molecular complexity index is 330. The SMILES string of the molecule is CNC1(C)CCN(CCS(=O)(=O)C(C)C)CC1. The second-order valence-corrected chi connectivity index (χ2v) is 8.24. The highest BCUT2D eigenvalue weighted by Crippen LogP contribution is 2.20. The minimum atomic E-state index is -2.89. The molecule has 1 heterocycles. The van der Waals surface area contributed by atoms with Crippen molar-refractivity contribution in [2.24, 2.45) is 0 Å². The van der Waals surface area contributed by atoms with Crippen molar-refractivity contribution >= 4 is 9.84 Å². The highest BCUT2D eigenvalue weighted by molar-refractivity contribution is 7.92. The Labute approximate surface area is 106 Å². The Morgan fingerprint density at radius 2 is 1.82 bits per heavy atom. The third-order valence-electron chi connectivity index (χ3n) is 3.97. The summed E-state index contributed by atoms with van der Waals surface area (Å²) in [6.45, 7) is 8.40. The summed E-state index contributed by atoms with van der Waals surface area (Å²) in [5.41, 5.74) is 0.230. The van der Waals surface area contributed by atoms with Gasteiger partial charge in [-0.1, -0.05) is 0 Å². The van der Waals surface area contributed by atoms with Gasteiger partial charge in [-0.15, -0.1) is 0 Å². The molecular weight excluding hydrogens is 236 g/mol. The number of nitrogens with one attached hydrogen (secondary N) is 1. The first-order valence-corrected chi connectivity index (χ1v) is 8.13. The van der Waals surface area contributed by atoms with Crippen LogP contribution in [0.2, 0.25) is 0 Å². The van der Waals surface area contributed by atoms with E-state index in [9.17, 15) is 8.42 Å². The Kier molecular flexibility index (Phi) is 4.98. The first kappa shape index (κ1) is 14.9. The van der Waals surface area contributed by atoms with Crippen LogP contribution in [0, 0.1) is 0 Å². The molecule has 1 aliphatic rings. The highest BCUT2D eigenvalue weighted by atomic mass is 32.2. The summed E-state index contributed by atoms with van der Waals surface area (Å²) in [7, 11) is -0.890. The molecule has 0 radical (unpaired) electrons. The van der Waals surface area contributed by atoms with Crippen molar-refractivity contribution < 1.29 is 8.42 Å². The number of hydrogen-bond acceptors (Lipinski definition) is 4. The van der Waals surface area contributed by atoms with Crippen molar-refractivity contribution in [2.75, 3.05) is 32.4 Å². The molecule has 0 aromatic rings. The van der Waals surface area contributed by atoms with Gasteiger partial charge in [0.15, 0.2) is 9.84 Å². The van der Waals surface area contributed by atoms with Crippen LogP contribution in [0.15, 0.2) is 0 Å². The normalized spacial score (nSPS) is 21.9. The Morgan fingerprint density at radius 1 is 1.29 bits per heavy atom. The first-order chi connectivity index (χ1) is 7.79. The third-order valence-corrected chi connectivity index (χ3v) is 6.16. The Hall–Kier alpha value is -0.130. The van der Waals surface area contributed by atoms with Crippen LogP contribution in [-0.2, 0) is 9.84 Å². The maximum Gasteiger partial charge on any atom is 0.153 e. The van der Waals surface area contributed by atoms with Crippen LogP contribution in [0.1, 0.15) is 33.6 Å². The summed E-state index contributed by atoms with van der Waals surface area (Å²) in [5.74, 6) is 0.293. The Balaban J connectivity index is 2.37. The molecule has 1 N–H and O–H groups in total. The molecule has 102 valence electrons. The quantitative estimate of drug-likeness (QED) is 0.799. The average molecular weight is 262 g/mol. The lowest BCUT2D eigenvalue weighted by Gasteiger charge is -2.39. The van der Waals surface area contributed by atoms with Gasteiger partial charge in [-0.2, -0.15) is 0 Å². The van der Waals surface area contributed by atoms with Crippen molar-refractivity contribution in [3.8, 4) is 0 Å². The molecule has 0 aromatic carbocycles. The molecule has 0 aliphatic carbocycles. The molecule has 0 saturated carbocycles. The van der Waals surface area contributed by atoms with Gasteiger partial charge in [0.05, 0.1) is 11.0 Å². The number of nitrogens with zero attached hydrogens (tertiary/aromatic N) is 1. The number of hydrogen-bond donors (Lipinski definition) is 1. The van der Waals surface area contributed by atoms with Gasteiger partial charge in [-0.3, -0.25) is 0 Å². The van der Waals surface area contributed by atoms with Crippen LogP contribution in [0.5, 0.6) is 0 Å². The average Bonchev–Trinajstić information content (AvgIpc) is 2.28. The van der Waals surface area contributed by atoms with Crippen molar-refractivity contribution in [3.05, 3.63) is 0 Å². The van der Waals surface area contributed by atoms with E-state index in [0.29, 0.717) is 12.3 Å². The molecule has 17 heavy (non-hydrogen) atoms. The smallest absolute Gasteiger partial charge is 0.153 e. The summed E-state index contributed by atoms with van der Waals surface area (Å²) < 4.78 is 23.4. The van der Waals surface area contributed by atoms with Gasteiger partial charge in [-0.05, 0) is 53.8 Å². The van der Waals surface area contributed by atoms with E-state index in [4.69, 9.17) is 0 Å². The second-order valence-electron chi connectivity index (χ2n) is 5.57. The fraction of sp³-hybridized carbons (Fsp3) is 1.00. The molecule has 5 heteroatoms. The van der Waals surface area contributed by atoms with Crippen molar-refractivity contribution in [1.82, 2.24) is 10.2 Å². The van der Waals surface area contributed by atoms with E-state index in [1.807, 2.05) is 7.05 Å². The van der Waals surface area contributed by atoms with E-state index >= 15 is 0 Å². The maximum absolute atomic E-state index is 11.7. The minimum absolute atomic E-state index is 0.230. The van der Waals surface area contributed by atoms with Crippen molar-refractivity contribution in [3.63, 3.8) is 0 Å². The fourth-order valence-electron chi connectivity index (χ4n) is 2.01. The van der Waals surface area contributed by atoms with Crippen molar-refractivity contribution in [2.45, 2.75) is 44.4 Å². The monoisotopic (exact) mass is 262 g/mol. The molecule has 0 aromatic heterocycles. The zero-order valence-electron chi connectivity index (χ0n) is 11.5. The van der Waals surface area contributed by atoms with E-state index < -0.39 is 9.84 Å². The number of rotatable bonds is 5. The van der Waals surface area contributed by atoms with Gasteiger partial charge in [-0.25, -0.2) is 8.42 Å². The standard InChI is InChI=1S/C12H26N2O2S/c1-11(2)17(15,16)10-9-14-7-5-12(3,13-4)6-8-14/h11,13H,5-10H2,1-4H3. The van der Waals surface area contributed by atoms with Crippen LogP contribution < -0.4 is 5.32 Å². The summed E-state index contributed by atoms with van der Waals surface area (Å²) in [6.07, 6.45) is 2.18. The molecular formula is C12H26N2O2S. The van der Waals surface area contributed by atoms with Gasteiger partial charge < -0.3 is 10.2 Å². The molecule has 0 amide bonds. The molecule has 0 atom stereocenters. The molecule has 0 bridgehead atoms. The van der Waals surface area contributed by atoms with Crippen LogP contribution in [0.3, 0.4) is 0 Å². The topological polar surface area (TPSA) is 49.4 Å². The number of piperidine rings is 1. The van der Waals surface area contributed by atoms with E-state index in [1.54, 1.807) is 13.8 Å². The minimum Gasteiger partial charge on any atom is -0.314 e. The van der Waals surface area contributed by atoms with E-state index in [-0.39, 0.29) is 10.8 Å². The molecule has 4 nitrogen and oxygen atoms in total. The van der Waals surface area contributed by atoms with Gasteiger partial charge in [0.2, 0.25) is 0 Å². The predicted octanol–water partition coefficient (Wildman–Crippen LogP) is 0.884. The number of likely N-dealkylation sites (tertiary alicyclic amines) is 1. The summed E-state index contributed by atoms with van der Waals surface area (Å²) in [6, 6.07) is 0. The molecule has 0 spiro atoms. The fourth-order valence-corrected chi connectivity index (χ4v) is 3.00. The molecule has 1 aliphatic heterocycles. The lowest BCUT2D eigenvalue weighted by Crippen LogP contribution is -2.50. The molecule has 1 rings (SSSR count). The van der Waals surface area contributed by atoms with Crippen molar-refractivity contribution in [1.29, 1.82) is 0 Å². The van der Waals surface area contributed by atoms with Gasteiger partial charge in [0, 0.05) is 12.1 Å². The zero-order chi connectivity index (χ0) is 13.1. The van der Waals surface area contributed by atoms with Gasteiger partial charge in [0.1, 0.15) is 0 Å². The highest BCUT2D eigenvalue weighted by Gasteiger charge is 2.28. The van der Waals surface area contributed by atoms with E-state index in [2.05, 4.69) is 17.1 Å². The maximum atomic E-state index is 11.7. The van der Waals surface area contributed by atoms with Gasteiger partial charge >= 0.3 is 0 Å². The summed E-state index contributed by atoms with van der Waals surface area (Å²) >= 11 is 0. The largest absolute Gasteiger partial charge is 0.314 e. The zero-order valence-corrected chi connectivity index (χ0v) is 12.3. The van der Waals surface area contributed by atoms with Crippen LogP contribution in [0.25, 0.3) is 0 Å². The van der Waals surface area contributed by atoms with Crippen LogP contribution >= 0.6 is 0 Å². The van der Waals surface area contributed by atoms with Crippen LogP contribution in [0.4, 0.5) is 0 Å². The van der Waals surface area contributed by atoms with E-state index in [1.165, 1.54) is 0 Å². The van der Waals surface area contributed by atoms with Gasteiger partial charge in [0.25, 0.3) is 0 Å². The Morgan fingerprint density at radius 3 is 2.24 bits per heavy atom. The number of sulfone groups is 1. The molecule has 1 saturated heterocycles. The molecule has 0 unspecified atom stereocenters. The lowest BCUT2D eigenvalue weighted by molar-refractivity contribution is 0.159. The lowest BCUT2D eigenvalue weighted by atomic mass is 9.90. The predicted molar refractivity (Wildman–Crippen MR) is 72.1 cm³/mol. The second kappa shape index (κ2) is 5.67.